The fourth-order valence-corrected chi connectivity index (χ4v) is 2.14. The summed E-state index contributed by atoms with van der Waals surface area (Å²) in [6.07, 6.45) is 6.35. The number of carbonyl (C=O) groups is 1. The van der Waals surface area contributed by atoms with Gasteiger partial charge in [0.15, 0.2) is 5.82 Å². The van der Waals surface area contributed by atoms with Crippen molar-refractivity contribution >= 4 is 17.3 Å². The maximum atomic E-state index is 13.8. The summed E-state index contributed by atoms with van der Waals surface area (Å²) >= 11 is 0. The standard InChI is InChI=1S/C13H13FN2O4/c14-10-7-12(16(19)20)9(13(17)18)6-11(10)15-8-4-2-1-3-5-8/h1-2,6-8,15H,3-5H2,(H,17,18). The molecule has 0 amide bonds. The SMILES string of the molecule is O=C(O)c1cc(NC2CC=CCC2)c(F)cc1[N+](=O)[O-]. The van der Waals surface area contributed by atoms with E-state index in [2.05, 4.69) is 5.32 Å². The number of anilines is 1. The van der Waals surface area contributed by atoms with Crippen LogP contribution in [0.25, 0.3) is 0 Å². The first kappa shape index (κ1) is 14.0. The quantitative estimate of drug-likeness (QED) is 0.502. The van der Waals surface area contributed by atoms with Crippen molar-refractivity contribution in [2.45, 2.75) is 25.3 Å². The molecule has 0 bridgehead atoms. The van der Waals surface area contributed by atoms with Gasteiger partial charge >= 0.3 is 5.97 Å². The number of aromatic carboxylic acids is 1. The zero-order chi connectivity index (χ0) is 14.7. The van der Waals surface area contributed by atoms with Crippen molar-refractivity contribution in [2.75, 3.05) is 5.32 Å². The second-order valence-electron chi connectivity index (χ2n) is 4.54. The van der Waals surface area contributed by atoms with Crippen LogP contribution in [0.5, 0.6) is 0 Å². The molecule has 1 aliphatic rings. The summed E-state index contributed by atoms with van der Waals surface area (Å²) in [5, 5.41) is 22.6. The van der Waals surface area contributed by atoms with Gasteiger partial charge in [-0.2, -0.15) is 0 Å². The molecule has 1 aromatic rings. The van der Waals surface area contributed by atoms with Crippen molar-refractivity contribution in [3.05, 3.63) is 45.8 Å². The van der Waals surface area contributed by atoms with E-state index in [1.165, 1.54) is 0 Å². The average Bonchev–Trinajstić information content (AvgIpc) is 2.41. The molecule has 0 spiro atoms. The number of rotatable bonds is 4. The minimum absolute atomic E-state index is 0.00222. The van der Waals surface area contributed by atoms with Gasteiger partial charge in [-0.3, -0.25) is 10.1 Å². The topological polar surface area (TPSA) is 92.5 Å². The zero-order valence-corrected chi connectivity index (χ0v) is 10.5. The highest BCUT2D eigenvalue weighted by molar-refractivity contribution is 5.93. The molecule has 0 saturated carbocycles. The van der Waals surface area contributed by atoms with Crippen LogP contribution in [-0.2, 0) is 0 Å². The number of nitrogens with zero attached hydrogens (tertiary/aromatic N) is 1. The van der Waals surface area contributed by atoms with Crippen molar-refractivity contribution in [2.24, 2.45) is 0 Å². The maximum absolute atomic E-state index is 13.8. The minimum Gasteiger partial charge on any atom is -0.477 e. The van der Waals surface area contributed by atoms with Crippen molar-refractivity contribution < 1.29 is 19.2 Å². The first-order valence-electron chi connectivity index (χ1n) is 6.12. The summed E-state index contributed by atoms with van der Waals surface area (Å²) in [4.78, 5) is 20.8. The molecule has 7 heteroatoms. The van der Waals surface area contributed by atoms with Gasteiger partial charge in [-0.05, 0) is 25.3 Å². The Kier molecular flexibility index (Phi) is 3.97. The fourth-order valence-electron chi connectivity index (χ4n) is 2.14. The number of nitro benzene ring substituents is 1. The summed E-state index contributed by atoms with van der Waals surface area (Å²) in [6.45, 7) is 0. The molecule has 0 fully saturated rings. The number of hydrogen-bond acceptors (Lipinski definition) is 4. The van der Waals surface area contributed by atoms with E-state index >= 15 is 0 Å². The van der Waals surface area contributed by atoms with Crippen LogP contribution < -0.4 is 5.32 Å². The largest absolute Gasteiger partial charge is 0.477 e. The van der Waals surface area contributed by atoms with Gasteiger partial charge in [0.05, 0.1) is 16.7 Å². The molecule has 0 heterocycles. The number of nitro groups is 1. The molecule has 0 radical (unpaired) electrons. The van der Waals surface area contributed by atoms with Crippen LogP contribution in [0, 0.1) is 15.9 Å². The zero-order valence-electron chi connectivity index (χ0n) is 10.5. The van der Waals surface area contributed by atoms with Crippen molar-refractivity contribution in [3.63, 3.8) is 0 Å². The minimum atomic E-state index is -1.46. The van der Waals surface area contributed by atoms with Gasteiger partial charge in [0.1, 0.15) is 5.56 Å². The molecule has 6 nitrogen and oxygen atoms in total. The van der Waals surface area contributed by atoms with Gasteiger partial charge in [0.25, 0.3) is 5.69 Å². The lowest BCUT2D eigenvalue weighted by atomic mass is 10.0. The predicted octanol–water partition coefficient (Wildman–Crippen LogP) is 2.95. The number of benzene rings is 1. The van der Waals surface area contributed by atoms with Crippen LogP contribution in [0.4, 0.5) is 15.8 Å². The molecule has 0 aliphatic heterocycles. The molecule has 0 aromatic heterocycles. The second kappa shape index (κ2) is 5.68. The second-order valence-corrected chi connectivity index (χ2v) is 4.54. The van der Waals surface area contributed by atoms with Crippen LogP contribution >= 0.6 is 0 Å². The van der Waals surface area contributed by atoms with E-state index in [0.717, 1.165) is 18.9 Å². The van der Waals surface area contributed by atoms with Gasteiger partial charge in [-0.25, -0.2) is 9.18 Å². The molecule has 2 rings (SSSR count). The predicted molar refractivity (Wildman–Crippen MR) is 70.4 cm³/mol. The van der Waals surface area contributed by atoms with Gasteiger partial charge in [0.2, 0.25) is 0 Å². The third-order valence-corrected chi connectivity index (χ3v) is 3.14. The highest BCUT2D eigenvalue weighted by Crippen LogP contribution is 2.28. The molecule has 106 valence electrons. The summed E-state index contributed by atoms with van der Waals surface area (Å²) in [6, 6.07) is 1.62. The Morgan fingerprint density at radius 2 is 2.20 bits per heavy atom. The number of nitrogens with one attached hydrogen (secondary N) is 1. The fraction of sp³-hybridized carbons (Fsp3) is 0.308. The van der Waals surface area contributed by atoms with E-state index in [0.29, 0.717) is 12.5 Å². The highest BCUT2D eigenvalue weighted by Gasteiger charge is 2.24. The smallest absolute Gasteiger partial charge is 0.342 e. The lowest BCUT2D eigenvalue weighted by Crippen LogP contribution is -2.21. The van der Waals surface area contributed by atoms with Gasteiger partial charge in [0, 0.05) is 6.04 Å². The Bertz CT molecular complexity index is 586. The van der Waals surface area contributed by atoms with E-state index < -0.39 is 28.0 Å². The van der Waals surface area contributed by atoms with Crippen LogP contribution in [-0.4, -0.2) is 22.0 Å². The van der Waals surface area contributed by atoms with Crippen molar-refractivity contribution in [1.29, 1.82) is 0 Å². The summed E-state index contributed by atoms with van der Waals surface area (Å²) in [5.41, 5.74) is -1.29. The molecule has 1 atom stereocenters. The monoisotopic (exact) mass is 280 g/mol. The molecular weight excluding hydrogens is 267 g/mol. The molecular formula is C13H13FN2O4. The number of allylic oxidation sites excluding steroid dienone is 1. The van der Waals surface area contributed by atoms with Crippen LogP contribution in [0.3, 0.4) is 0 Å². The van der Waals surface area contributed by atoms with Crippen molar-refractivity contribution in [3.8, 4) is 0 Å². The van der Waals surface area contributed by atoms with E-state index in [-0.39, 0.29) is 11.7 Å². The van der Waals surface area contributed by atoms with Gasteiger partial charge < -0.3 is 10.4 Å². The summed E-state index contributed by atoms with van der Waals surface area (Å²) in [5.74, 6) is -2.28. The molecule has 1 aliphatic carbocycles. The lowest BCUT2D eigenvalue weighted by Gasteiger charge is -2.21. The Balaban J connectivity index is 2.33. The van der Waals surface area contributed by atoms with E-state index in [4.69, 9.17) is 5.11 Å². The third kappa shape index (κ3) is 2.93. The first-order valence-corrected chi connectivity index (χ1v) is 6.12. The first-order chi connectivity index (χ1) is 9.49. The van der Waals surface area contributed by atoms with E-state index in [1.54, 1.807) is 0 Å². The number of carboxylic acid groups (broad SMARTS) is 1. The summed E-state index contributed by atoms with van der Waals surface area (Å²) in [7, 11) is 0. The third-order valence-electron chi connectivity index (χ3n) is 3.14. The Hall–Kier alpha value is -2.44. The van der Waals surface area contributed by atoms with Gasteiger partial charge in [-0.1, -0.05) is 12.2 Å². The Labute approximate surface area is 114 Å². The number of carboxylic acids is 1. The number of halogens is 1. The summed E-state index contributed by atoms with van der Waals surface area (Å²) < 4.78 is 13.8. The van der Waals surface area contributed by atoms with E-state index in [1.807, 2.05) is 12.2 Å². The molecule has 0 saturated heterocycles. The van der Waals surface area contributed by atoms with Crippen LogP contribution in [0.15, 0.2) is 24.3 Å². The van der Waals surface area contributed by atoms with Crippen molar-refractivity contribution in [1.82, 2.24) is 0 Å². The highest BCUT2D eigenvalue weighted by atomic mass is 19.1. The molecule has 1 unspecified atom stereocenters. The molecule has 20 heavy (non-hydrogen) atoms. The Morgan fingerprint density at radius 3 is 2.75 bits per heavy atom. The van der Waals surface area contributed by atoms with Crippen LogP contribution in [0.1, 0.15) is 29.6 Å². The van der Waals surface area contributed by atoms with Gasteiger partial charge in [-0.15, -0.1) is 0 Å². The lowest BCUT2D eigenvalue weighted by molar-refractivity contribution is -0.385. The molecule has 1 aromatic carbocycles. The molecule has 2 N–H and O–H groups in total. The normalized spacial score (nSPS) is 17.8. The average molecular weight is 280 g/mol. The van der Waals surface area contributed by atoms with Crippen LogP contribution in [0.2, 0.25) is 0 Å². The Morgan fingerprint density at radius 1 is 1.45 bits per heavy atom. The van der Waals surface area contributed by atoms with E-state index in [9.17, 15) is 19.3 Å². The number of hydrogen-bond donors (Lipinski definition) is 2. The maximum Gasteiger partial charge on any atom is 0.342 e.